The first-order chi connectivity index (χ1) is 36.8. The van der Waals surface area contributed by atoms with E-state index in [-0.39, 0.29) is 0 Å². The molecule has 15 rings (SSSR count). The smallest absolute Gasteiger partial charge is 0.0726 e. The third kappa shape index (κ3) is 6.36. The van der Waals surface area contributed by atoms with Crippen molar-refractivity contribution >= 4 is 49.4 Å². The predicted octanol–water partition coefficient (Wildman–Crippen LogP) is 19.6. The Morgan fingerprint density at radius 1 is 0.270 bits per heavy atom. The lowest BCUT2D eigenvalue weighted by molar-refractivity contribution is 0.638. The van der Waals surface area contributed by atoms with Crippen molar-refractivity contribution < 1.29 is 0 Å². The van der Waals surface area contributed by atoms with Crippen LogP contribution < -0.4 is 4.90 Å². The van der Waals surface area contributed by atoms with Gasteiger partial charge in [0.15, 0.2) is 0 Å². The lowest BCUT2D eigenvalue weighted by Gasteiger charge is -2.35. The van der Waals surface area contributed by atoms with E-state index < -0.39 is 5.41 Å². The molecule has 0 amide bonds. The quantitative estimate of drug-likeness (QED) is 0.155. The van der Waals surface area contributed by atoms with E-state index in [4.69, 9.17) is 0 Å². The fraction of sp³-hybridized carbons (Fsp3) is 0.0959. The molecule has 0 fully saturated rings. The van der Waals surface area contributed by atoms with Crippen LogP contribution in [0.4, 0.5) is 17.1 Å². The summed E-state index contributed by atoms with van der Waals surface area (Å²) in [4.78, 5) is 2.69. The van der Waals surface area contributed by atoms with Crippen LogP contribution in [0.3, 0.4) is 0 Å². The first-order valence-corrected chi connectivity index (χ1v) is 26.7. The van der Waals surface area contributed by atoms with Crippen molar-refractivity contribution in [2.24, 2.45) is 0 Å². The Morgan fingerprint density at radius 3 is 1.41 bits per heavy atom. The highest BCUT2D eigenvalue weighted by atomic mass is 15.1. The SMILES string of the molecule is c1ccc(-c2ccccc2-c2cc3c(cc2N(c2ccc4c5ccccc5c5ccccc5c4c2)c2cccc4c2-c2ccccc2CCCCCC4)C2(c4ccccc4-c4ccccc42)c2ccccc2-3)cc1. The number of anilines is 3. The molecule has 350 valence electrons. The van der Waals surface area contributed by atoms with Crippen LogP contribution in [0, 0.1) is 0 Å². The fourth-order valence-corrected chi connectivity index (χ4v) is 13.8. The average Bonchev–Trinajstić information content (AvgIpc) is 3.93. The molecule has 0 saturated carbocycles. The van der Waals surface area contributed by atoms with Gasteiger partial charge in [-0.05, 0) is 166 Å². The number of fused-ring (bicyclic) bond motifs is 19. The number of hydrogen-bond donors (Lipinski definition) is 0. The van der Waals surface area contributed by atoms with Crippen LogP contribution in [0.2, 0.25) is 0 Å². The van der Waals surface area contributed by atoms with Gasteiger partial charge in [0.05, 0.1) is 16.8 Å². The van der Waals surface area contributed by atoms with Crippen molar-refractivity contribution in [1.82, 2.24) is 0 Å². The molecule has 0 saturated heterocycles. The van der Waals surface area contributed by atoms with Crippen LogP contribution >= 0.6 is 0 Å². The number of benzene rings is 12. The van der Waals surface area contributed by atoms with Crippen molar-refractivity contribution in [3.05, 3.63) is 282 Å². The maximum atomic E-state index is 2.69. The molecule has 0 bridgehead atoms. The maximum absolute atomic E-state index is 2.69. The Balaban J connectivity index is 1.12. The number of aryl methyl sites for hydroxylation is 2. The van der Waals surface area contributed by atoms with E-state index in [1.54, 1.807) is 0 Å². The van der Waals surface area contributed by atoms with E-state index >= 15 is 0 Å². The molecule has 1 spiro atoms. The molecule has 0 N–H and O–H groups in total. The van der Waals surface area contributed by atoms with E-state index in [9.17, 15) is 0 Å². The number of nitrogens with zero attached hydrogens (tertiary/aromatic N) is 1. The van der Waals surface area contributed by atoms with Crippen LogP contribution in [0.1, 0.15) is 59.1 Å². The summed E-state index contributed by atoms with van der Waals surface area (Å²) in [6, 6.07) is 94.8. The first-order valence-electron chi connectivity index (χ1n) is 26.7. The van der Waals surface area contributed by atoms with Crippen molar-refractivity contribution in [2.75, 3.05) is 4.90 Å². The van der Waals surface area contributed by atoms with E-state index in [0.717, 1.165) is 24.2 Å². The van der Waals surface area contributed by atoms with Gasteiger partial charge in [-0.25, -0.2) is 0 Å². The van der Waals surface area contributed by atoms with Crippen molar-refractivity contribution in [3.8, 4) is 55.6 Å². The van der Waals surface area contributed by atoms with Crippen LogP contribution in [0.25, 0.3) is 88.0 Å². The Labute approximate surface area is 433 Å². The molecule has 3 aliphatic rings. The summed E-state index contributed by atoms with van der Waals surface area (Å²) < 4.78 is 0. The van der Waals surface area contributed by atoms with Crippen LogP contribution in [-0.4, -0.2) is 0 Å². The molecular formula is C73H53N. The highest BCUT2D eigenvalue weighted by Crippen LogP contribution is 2.65. The summed E-state index contributed by atoms with van der Waals surface area (Å²) in [6.45, 7) is 0. The Kier molecular flexibility index (Phi) is 9.95. The highest BCUT2D eigenvalue weighted by molar-refractivity contribution is 6.26. The second-order valence-corrected chi connectivity index (χ2v) is 20.8. The van der Waals surface area contributed by atoms with Gasteiger partial charge >= 0.3 is 0 Å². The average molecular weight is 944 g/mol. The van der Waals surface area contributed by atoms with E-state index in [2.05, 4.69) is 254 Å². The van der Waals surface area contributed by atoms with Gasteiger partial charge in [0.2, 0.25) is 0 Å². The standard InChI is InChI=1S/C73H53N/c1-2-5-27-50-28-22-42-70(72(50)53-30-9-8-26-49(53)25-4-1)74(51-43-44-59-57-34-13-12-32-55(57)56-33-14-15-35-58(56)63(59)45-51)71-47-69-64(46-65(71)54-31-11-10-29-52(54)48-23-6-3-7-24-48)62-38-18-21-41-68(62)73(69)66-39-19-16-36-60(66)61-37-17-20-40-67(61)73/h3,6-24,26,28-47H,1-2,4-5,25,27H2. The summed E-state index contributed by atoms with van der Waals surface area (Å²) in [6.07, 6.45) is 6.94. The summed E-state index contributed by atoms with van der Waals surface area (Å²) in [7, 11) is 0. The molecule has 0 radical (unpaired) electrons. The second kappa shape index (κ2) is 17.2. The van der Waals surface area contributed by atoms with Crippen molar-refractivity contribution in [3.63, 3.8) is 0 Å². The zero-order valence-electron chi connectivity index (χ0n) is 41.4. The molecule has 0 atom stereocenters. The Morgan fingerprint density at radius 2 is 0.757 bits per heavy atom. The van der Waals surface area contributed by atoms with Gasteiger partial charge in [0.25, 0.3) is 0 Å². The lowest BCUT2D eigenvalue weighted by atomic mass is 9.70. The molecule has 0 aliphatic heterocycles. The van der Waals surface area contributed by atoms with E-state index in [1.165, 1.54) is 153 Å². The molecule has 0 unspecified atom stereocenters. The zero-order valence-corrected chi connectivity index (χ0v) is 41.4. The molecule has 12 aromatic carbocycles. The topological polar surface area (TPSA) is 3.24 Å². The second-order valence-electron chi connectivity index (χ2n) is 20.8. The molecule has 0 aromatic heterocycles. The van der Waals surface area contributed by atoms with Gasteiger partial charge in [-0.3, -0.25) is 0 Å². The third-order valence-electron chi connectivity index (χ3n) is 16.9. The fourth-order valence-electron chi connectivity index (χ4n) is 13.8. The van der Waals surface area contributed by atoms with Gasteiger partial charge in [0, 0.05) is 16.8 Å². The number of rotatable bonds is 5. The summed E-state index contributed by atoms with van der Waals surface area (Å²) in [5.41, 5.74) is 23.8. The van der Waals surface area contributed by atoms with Gasteiger partial charge in [0.1, 0.15) is 0 Å². The summed E-state index contributed by atoms with van der Waals surface area (Å²) >= 11 is 0. The normalized spacial score (nSPS) is 14.0. The van der Waals surface area contributed by atoms with Gasteiger partial charge in [-0.15, -0.1) is 0 Å². The van der Waals surface area contributed by atoms with Gasteiger partial charge in [-0.2, -0.15) is 0 Å². The Bertz CT molecular complexity index is 4130. The molecule has 0 heterocycles. The molecular weight excluding hydrogens is 891 g/mol. The minimum absolute atomic E-state index is 0.538. The minimum Gasteiger partial charge on any atom is -0.309 e. The zero-order chi connectivity index (χ0) is 48.7. The molecule has 74 heavy (non-hydrogen) atoms. The molecule has 3 aliphatic carbocycles. The molecule has 1 nitrogen and oxygen atoms in total. The summed E-state index contributed by atoms with van der Waals surface area (Å²) in [5, 5.41) is 7.62. The maximum Gasteiger partial charge on any atom is 0.0726 e. The van der Waals surface area contributed by atoms with E-state index in [1.807, 2.05) is 0 Å². The largest absolute Gasteiger partial charge is 0.309 e. The predicted molar refractivity (Wildman–Crippen MR) is 312 cm³/mol. The highest BCUT2D eigenvalue weighted by Gasteiger charge is 2.52. The van der Waals surface area contributed by atoms with Gasteiger partial charge < -0.3 is 4.90 Å². The van der Waals surface area contributed by atoms with Crippen LogP contribution in [0.15, 0.2) is 249 Å². The van der Waals surface area contributed by atoms with Crippen LogP contribution in [0.5, 0.6) is 0 Å². The van der Waals surface area contributed by atoms with Gasteiger partial charge in [-0.1, -0.05) is 231 Å². The lowest BCUT2D eigenvalue weighted by Crippen LogP contribution is -2.26. The van der Waals surface area contributed by atoms with Crippen molar-refractivity contribution in [1.29, 1.82) is 0 Å². The van der Waals surface area contributed by atoms with Crippen LogP contribution in [-0.2, 0) is 18.3 Å². The molecule has 12 aromatic rings. The first kappa shape index (κ1) is 42.9. The third-order valence-corrected chi connectivity index (χ3v) is 16.9. The summed E-state index contributed by atoms with van der Waals surface area (Å²) in [5.74, 6) is 0. The monoisotopic (exact) mass is 943 g/mol. The van der Waals surface area contributed by atoms with Crippen molar-refractivity contribution in [2.45, 2.75) is 43.9 Å². The van der Waals surface area contributed by atoms with E-state index in [0.29, 0.717) is 0 Å². The Hall–Kier alpha value is -8.78. The number of hydrogen-bond acceptors (Lipinski definition) is 1. The molecule has 1 heteroatoms. The minimum atomic E-state index is -0.538.